The number of hydrogen-bond donors (Lipinski definition) is 2. The highest BCUT2D eigenvalue weighted by atomic mass is 32.1. The number of nitrogens with one attached hydrogen (secondary N) is 2. The Balaban J connectivity index is 1.50. The van der Waals surface area contributed by atoms with Crippen molar-refractivity contribution in [2.45, 2.75) is 64.6 Å². The molecule has 0 spiro atoms. The molecule has 0 bridgehead atoms. The van der Waals surface area contributed by atoms with Crippen molar-refractivity contribution < 1.29 is 9.59 Å². The summed E-state index contributed by atoms with van der Waals surface area (Å²) in [7, 11) is 0. The number of thiazole rings is 1. The van der Waals surface area contributed by atoms with Gasteiger partial charge in [-0.15, -0.1) is 11.3 Å². The molecule has 30 heavy (non-hydrogen) atoms. The number of carbonyl (C=O) groups is 2. The molecule has 0 radical (unpaired) electrons. The van der Waals surface area contributed by atoms with E-state index in [4.69, 9.17) is 4.98 Å². The van der Waals surface area contributed by atoms with Gasteiger partial charge in [-0.1, -0.05) is 51.1 Å². The second kappa shape index (κ2) is 8.38. The van der Waals surface area contributed by atoms with E-state index in [-0.39, 0.29) is 23.3 Å². The minimum absolute atomic E-state index is 0.00313. The van der Waals surface area contributed by atoms with Gasteiger partial charge in [0.2, 0.25) is 11.8 Å². The number of nitrogens with zero attached hydrogens (tertiary/aromatic N) is 2. The molecule has 2 heterocycles. The van der Waals surface area contributed by atoms with Crippen LogP contribution in [-0.4, -0.2) is 46.4 Å². The van der Waals surface area contributed by atoms with Crippen LogP contribution in [0, 0.1) is 5.41 Å². The third-order valence-corrected chi connectivity index (χ3v) is 6.49. The van der Waals surface area contributed by atoms with E-state index in [1.807, 2.05) is 56.5 Å². The van der Waals surface area contributed by atoms with E-state index < -0.39 is 6.04 Å². The lowest BCUT2D eigenvalue weighted by atomic mass is 9.85. The van der Waals surface area contributed by atoms with Crippen LogP contribution in [-0.2, 0) is 9.59 Å². The van der Waals surface area contributed by atoms with Crippen LogP contribution in [0.4, 0.5) is 5.13 Å². The van der Waals surface area contributed by atoms with E-state index in [9.17, 15) is 9.59 Å². The summed E-state index contributed by atoms with van der Waals surface area (Å²) in [4.78, 5) is 32.7. The van der Waals surface area contributed by atoms with Crippen molar-refractivity contribution in [2.75, 3.05) is 11.9 Å². The van der Waals surface area contributed by atoms with Crippen LogP contribution in [0.25, 0.3) is 11.3 Å². The van der Waals surface area contributed by atoms with Gasteiger partial charge in [-0.3, -0.25) is 9.59 Å². The number of amides is 2. The summed E-state index contributed by atoms with van der Waals surface area (Å²) in [5.41, 5.74) is 1.62. The highest BCUT2D eigenvalue weighted by Crippen LogP contribution is 2.31. The van der Waals surface area contributed by atoms with E-state index in [1.54, 1.807) is 4.90 Å². The summed E-state index contributed by atoms with van der Waals surface area (Å²) in [5.74, 6) is -0.0240. The molecule has 1 aliphatic heterocycles. The van der Waals surface area contributed by atoms with Crippen LogP contribution in [0.15, 0.2) is 35.7 Å². The van der Waals surface area contributed by atoms with Gasteiger partial charge in [-0.05, 0) is 31.1 Å². The first kappa shape index (κ1) is 20.8. The first-order chi connectivity index (χ1) is 14.3. The smallest absolute Gasteiger partial charge is 0.246 e. The Kier molecular flexibility index (Phi) is 5.82. The Bertz CT molecular complexity index is 901. The molecule has 1 aromatic carbocycles. The summed E-state index contributed by atoms with van der Waals surface area (Å²) in [6.07, 6.45) is 3.69. The Hall–Kier alpha value is -2.41. The SMILES string of the molecule is CC(C)(C)[C@H](Nc1nc(-c2ccccc2)cs1)C(=O)N1CCC[C@H]1C(=O)NC1CC1. The van der Waals surface area contributed by atoms with Crippen LogP contribution in [0.3, 0.4) is 0 Å². The predicted molar refractivity (Wildman–Crippen MR) is 120 cm³/mol. The van der Waals surface area contributed by atoms with E-state index in [2.05, 4.69) is 10.6 Å². The summed E-state index contributed by atoms with van der Waals surface area (Å²) < 4.78 is 0. The van der Waals surface area contributed by atoms with Crippen LogP contribution in [0.1, 0.15) is 46.5 Å². The van der Waals surface area contributed by atoms with Gasteiger partial charge in [0.25, 0.3) is 0 Å². The lowest BCUT2D eigenvalue weighted by Gasteiger charge is -2.35. The maximum absolute atomic E-state index is 13.5. The molecule has 1 aromatic heterocycles. The molecular weight excluding hydrogens is 396 g/mol. The number of aromatic nitrogens is 1. The average molecular weight is 427 g/mol. The minimum atomic E-state index is -0.457. The number of hydrogen-bond acceptors (Lipinski definition) is 5. The molecule has 0 unspecified atom stereocenters. The summed E-state index contributed by atoms with van der Waals surface area (Å²) >= 11 is 1.50. The number of rotatable bonds is 6. The van der Waals surface area contributed by atoms with Gasteiger partial charge < -0.3 is 15.5 Å². The monoisotopic (exact) mass is 426 g/mol. The second-order valence-corrected chi connectivity index (χ2v) is 10.2. The largest absolute Gasteiger partial charge is 0.352 e. The van der Waals surface area contributed by atoms with E-state index >= 15 is 0 Å². The molecule has 2 atom stereocenters. The van der Waals surface area contributed by atoms with Crippen molar-refractivity contribution in [1.29, 1.82) is 0 Å². The Labute approximate surface area is 182 Å². The van der Waals surface area contributed by atoms with E-state index in [0.717, 1.165) is 42.1 Å². The van der Waals surface area contributed by atoms with Gasteiger partial charge in [0.15, 0.2) is 5.13 Å². The van der Waals surface area contributed by atoms with Crippen molar-refractivity contribution in [3.8, 4) is 11.3 Å². The van der Waals surface area contributed by atoms with E-state index in [0.29, 0.717) is 12.6 Å². The number of benzene rings is 1. The van der Waals surface area contributed by atoms with Gasteiger partial charge >= 0.3 is 0 Å². The molecular formula is C23H30N4O2S. The zero-order valence-corrected chi connectivity index (χ0v) is 18.7. The molecule has 160 valence electrons. The van der Waals surface area contributed by atoms with Crippen molar-refractivity contribution in [3.63, 3.8) is 0 Å². The van der Waals surface area contributed by atoms with Crippen LogP contribution in [0.2, 0.25) is 0 Å². The zero-order chi connectivity index (χ0) is 21.3. The zero-order valence-electron chi connectivity index (χ0n) is 17.9. The molecule has 2 aliphatic rings. The molecule has 2 N–H and O–H groups in total. The maximum atomic E-state index is 13.5. The molecule has 6 nitrogen and oxygen atoms in total. The molecule has 2 amide bonds. The van der Waals surface area contributed by atoms with Gasteiger partial charge in [0.1, 0.15) is 12.1 Å². The summed E-state index contributed by atoms with van der Waals surface area (Å²) in [6, 6.07) is 9.50. The first-order valence-corrected chi connectivity index (χ1v) is 11.6. The fourth-order valence-electron chi connectivity index (χ4n) is 3.85. The molecule has 1 saturated heterocycles. The highest BCUT2D eigenvalue weighted by Gasteiger charge is 2.42. The summed E-state index contributed by atoms with van der Waals surface area (Å²) in [5, 5.41) is 9.17. The Morgan fingerprint density at radius 1 is 1.17 bits per heavy atom. The molecule has 4 rings (SSSR count). The maximum Gasteiger partial charge on any atom is 0.246 e. The molecule has 2 fully saturated rings. The third kappa shape index (κ3) is 4.67. The quantitative estimate of drug-likeness (QED) is 0.735. The average Bonchev–Trinajstić information content (AvgIpc) is 3.20. The van der Waals surface area contributed by atoms with Crippen molar-refractivity contribution in [1.82, 2.24) is 15.2 Å². The lowest BCUT2D eigenvalue weighted by Crippen LogP contribution is -2.54. The van der Waals surface area contributed by atoms with Gasteiger partial charge in [0, 0.05) is 23.5 Å². The topological polar surface area (TPSA) is 74.3 Å². The first-order valence-electron chi connectivity index (χ1n) is 10.7. The molecule has 1 aliphatic carbocycles. The lowest BCUT2D eigenvalue weighted by molar-refractivity contribution is -0.140. The van der Waals surface area contributed by atoms with Gasteiger partial charge in [-0.25, -0.2) is 4.98 Å². The van der Waals surface area contributed by atoms with E-state index in [1.165, 1.54) is 11.3 Å². The number of carbonyl (C=O) groups excluding carboxylic acids is 2. The van der Waals surface area contributed by atoms with Crippen LogP contribution >= 0.6 is 11.3 Å². The Morgan fingerprint density at radius 2 is 1.90 bits per heavy atom. The number of anilines is 1. The van der Waals surface area contributed by atoms with Crippen LogP contribution < -0.4 is 10.6 Å². The van der Waals surface area contributed by atoms with Crippen molar-refractivity contribution in [2.24, 2.45) is 5.41 Å². The fraction of sp³-hybridized carbons (Fsp3) is 0.522. The molecule has 1 saturated carbocycles. The second-order valence-electron chi connectivity index (χ2n) is 9.32. The summed E-state index contributed by atoms with van der Waals surface area (Å²) in [6.45, 7) is 6.76. The molecule has 2 aromatic rings. The predicted octanol–water partition coefficient (Wildman–Crippen LogP) is 3.91. The van der Waals surface area contributed by atoms with Gasteiger partial charge in [0.05, 0.1) is 5.69 Å². The van der Waals surface area contributed by atoms with Crippen LogP contribution in [0.5, 0.6) is 0 Å². The third-order valence-electron chi connectivity index (χ3n) is 5.72. The number of likely N-dealkylation sites (tertiary alicyclic amines) is 1. The highest BCUT2D eigenvalue weighted by molar-refractivity contribution is 7.14. The van der Waals surface area contributed by atoms with Crippen molar-refractivity contribution in [3.05, 3.63) is 35.7 Å². The van der Waals surface area contributed by atoms with Crippen molar-refractivity contribution >= 4 is 28.3 Å². The fourth-order valence-corrected chi connectivity index (χ4v) is 4.60. The molecule has 7 heteroatoms. The Morgan fingerprint density at radius 3 is 2.57 bits per heavy atom. The van der Waals surface area contributed by atoms with Gasteiger partial charge in [-0.2, -0.15) is 0 Å². The normalized spacial score (nSPS) is 20.1. The minimum Gasteiger partial charge on any atom is -0.352 e. The standard InChI is InChI=1S/C23H30N4O2S/c1-23(2,3)19(26-22-25-17(14-30-22)15-8-5-4-6-9-15)21(29)27-13-7-10-18(27)20(28)24-16-11-12-16/h4-6,8-9,14,16,18-19H,7,10-13H2,1-3H3,(H,24,28)(H,25,26)/t18-,19+/m0/s1.